The van der Waals surface area contributed by atoms with Gasteiger partial charge in [0.1, 0.15) is 18.4 Å². The lowest BCUT2D eigenvalue weighted by Crippen LogP contribution is -2.39. The maximum atomic E-state index is 14.6. The molecule has 0 atom stereocenters. The first-order valence-electron chi connectivity index (χ1n) is 9.67. The average Bonchev–Trinajstić information content (AvgIpc) is 3.32. The van der Waals surface area contributed by atoms with Gasteiger partial charge >= 0.3 is 12.0 Å². The number of aromatic nitrogens is 1. The Morgan fingerprint density at radius 3 is 2.73 bits per heavy atom. The third-order valence-corrected chi connectivity index (χ3v) is 7.19. The number of hydrogen-bond donors (Lipinski definition) is 2. The van der Waals surface area contributed by atoms with Crippen LogP contribution in [0.15, 0.2) is 28.6 Å². The SMILES string of the molecule is [B]c1ccc(N(CC2CCCC2)C(=O)Nc2ncc(SC(C)(C)C(=O)O)s2)c(F)c1. The number of carboxylic acids is 1. The number of hydrogen-bond acceptors (Lipinski definition) is 5. The highest BCUT2D eigenvalue weighted by Crippen LogP contribution is 2.37. The standard InChI is InChI=1S/C20H23BFN3O3S2/c1-20(2,17(26)27)30-16-10-23-18(29-16)24-19(28)25(11-12-5-3-4-6-12)15-8-7-13(21)9-14(15)22/h7-10,12H,3-6,11H2,1-2H3,(H,26,27)(H,23,24,28). The largest absolute Gasteiger partial charge is 0.480 e. The summed E-state index contributed by atoms with van der Waals surface area (Å²) in [5.74, 6) is -1.18. The molecule has 1 fully saturated rings. The minimum atomic E-state index is -1.02. The van der Waals surface area contributed by atoms with Gasteiger partial charge in [-0.05, 0) is 44.7 Å². The third kappa shape index (κ3) is 5.54. The molecule has 2 amide bonds. The van der Waals surface area contributed by atoms with Gasteiger partial charge in [0.05, 0.1) is 16.1 Å². The van der Waals surface area contributed by atoms with E-state index in [4.69, 9.17) is 7.85 Å². The molecule has 3 rings (SSSR count). The van der Waals surface area contributed by atoms with Gasteiger partial charge in [-0.15, -0.1) is 0 Å². The number of carboxylic acid groups (broad SMARTS) is 1. The van der Waals surface area contributed by atoms with Gasteiger partial charge in [-0.25, -0.2) is 14.2 Å². The Morgan fingerprint density at radius 2 is 2.10 bits per heavy atom. The van der Waals surface area contributed by atoms with Crippen molar-refractivity contribution in [1.82, 2.24) is 4.98 Å². The number of nitrogens with zero attached hydrogens (tertiary/aromatic N) is 2. The van der Waals surface area contributed by atoms with Crippen molar-refractivity contribution in [2.45, 2.75) is 48.5 Å². The molecular weight excluding hydrogens is 424 g/mol. The zero-order chi connectivity index (χ0) is 21.9. The van der Waals surface area contributed by atoms with E-state index in [0.29, 0.717) is 27.3 Å². The highest BCUT2D eigenvalue weighted by Gasteiger charge is 2.30. The second-order valence-corrected chi connectivity index (χ2v) is 10.8. The first kappa shape index (κ1) is 22.6. The van der Waals surface area contributed by atoms with Crippen molar-refractivity contribution < 1.29 is 19.1 Å². The lowest BCUT2D eigenvalue weighted by atomic mass is 9.96. The summed E-state index contributed by atoms with van der Waals surface area (Å²) in [6, 6.07) is 3.81. The van der Waals surface area contributed by atoms with Crippen LogP contribution in [0.3, 0.4) is 0 Å². The predicted molar refractivity (Wildman–Crippen MR) is 120 cm³/mol. The van der Waals surface area contributed by atoms with E-state index in [-0.39, 0.29) is 5.69 Å². The fourth-order valence-electron chi connectivity index (χ4n) is 3.30. The molecule has 2 radical (unpaired) electrons. The van der Waals surface area contributed by atoms with E-state index in [2.05, 4.69) is 10.3 Å². The topological polar surface area (TPSA) is 82.5 Å². The van der Waals surface area contributed by atoms with Crippen molar-refractivity contribution in [2.75, 3.05) is 16.8 Å². The molecule has 1 heterocycles. The quantitative estimate of drug-likeness (QED) is 0.490. The Kier molecular flexibility index (Phi) is 7.08. The van der Waals surface area contributed by atoms with Crippen molar-refractivity contribution in [3.8, 4) is 0 Å². The normalized spacial score (nSPS) is 14.6. The molecule has 6 nitrogen and oxygen atoms in total. The van der Waals surface area contributed by atoms with Crippen molar-refractivity contribution in [3.05, 3.63) is 30.2 Å². The van der Waals surface area contributed by atoms with Gasteiger partial charge in [0.2, 0.25) is 0 Å². The van der Waals surface area contributed by atoms with Crippen molar-refractivity contribution in [1.29, 1.82) is 0 Å². The predicted octanol–water partition coefficient (Wildman–Crippen LogP) is 4.26. The van der Waals surface area contributed by atoms with Crippen molar-refractivity contribution >= 4 is 59.2 Å². The van der Waals surface area contributed by atoms with Crippen LogP contribution in [0.25, 0.3) is 0 Å². The van der Waals surface area contributed by atoms with Crippen LogP contribution in [0.1, 0.15) is 39.5 Å². The van der Waals surface area contributed by atoms with Crippen LogP contribution in [0.2, 0.25) is 0 Å². The smallest absolute Gasteiger partial charge is 0.328 e. The number of thioether (sulfide) groups is 1. The molecule has 158 valence electrons. The summed E-state index contributed by atoms with van der Waals surface area (Å²) in [4.78, 5) is 29.9. The van der Waals surface area contributed by atoms with E-state index < -0.39 is 22.6 Å². The van der Waals surface area contributed by atoms with Crippen molar-refractivity contribution in [3.63, 3.8) is 0 Å². The van der Waals surface area contributed by atoms with Gasteiger partial charge in [-0.3, -0.25) is 15.0 Å². The Balaban J connectivity index is 1.77. The minimum absolute atomic E-state index is 0.173. The summed E-state index contributed by atoms with van der Waals surface area (Å²) < 4.78 is 14.2. The molecule has 0 unspecified atom stereocenters. The summed E-state index contributed by atoms with van der Waals surface area (Å²) in [5, 5.41) is 12.3. The zero-order valence-electron chi connectivity index (χ0n) is 16.9. The molecule has 1 aromatic carbocycles. The third-order valence-electron chi connectivity index (χ3n) is 4.99. The van der Waals surface area contributed by atoms with E-state index >= 15 is 0 Å². The van der Waals surface area contributed by atoms with Gasteiger partial charge in [0, 0.05) is 6.54 Å². The Hall–Kier alpha value is -2.07. The van der Waals surface area contributed by atoms with E-state index in [9.17, 15) is 19.1 Å². The van der Waals surface area contributed by atoms with Crippen LogP contribution in [0.4, 0.5) is 20.0 Å². The summed E-state index contributed by atoms with van der Waals surface area (Å²) >= 11 is 2.34. The highest BCUT2D eigenvalue weighted by atomic mass is 32.2. The first-order chi connectivity index (χ1) is 14.2. The molecule has 0 saturated heterocycles. The Morgan fingerprint density at radius 1 is 1.40 bits per heavy atom. The minimum Gasteiger partial charge on any atom is -0.480 e. The number of benzene rings is 1. The molecule has 0 bridgehead atoms. The fraction of sp³-hybridized carbons (Fsp3) is 0.450. The number of anilines is 2. The molecule has 1 aromatic heterocycles. The van der Waals surface area contributed by atoms with Crippen LogP contribution < -0.4 is 15.7 Å². The number of amides is 2. The number of halogens is 1. The van der Waals surface area contributed by atoms with Gasteiger partial charge in [-0.1, -0.05) is 47.5 Å². The lowest BCUT2D eigenvalue weighted by Gasteiger charge is -2.26. The van der Waals surface area contributed by atoms with Gasteiger partial charge in [-0.2, -0.15) is 0 Å². The van der Waals surface area contributed by atoms with Crippen LogP contribution >= 0.6 is 23.1 Å². The van der Waals surface area contributed by atoms with Gasteiger partial charge in [0.15, 0.2) is 5.13 Å². The highest BCUT2D eigenvalue weighted by molar-refractivity contribution is 8.03. The summed E-state index contributed by atoms with van der Waals surface area (Å²) in [6.45, 7) is 3.61. The molecular formula is C20H23BFN3O3S2. The van der Waals surface area contributed by atoms with Crippen LogP contribution in [0, 0.1) is 11.7 Å². The van der Waals surface area contributed by atoms with Crippen molar-refractivity contribution in [2.24, 2.45) is 5.92 Å². The lowest BCUT2D eigenvalue weighted by molar-refractivity contribution is -0.138. The summed E-state index contributed by atoms with van der Waals surface area (Å²) in [5.41, 5.74) is 0.465. The van der Waals surface area contributed by atoms with Crippen LogP contribution in [-0.4, -0.2) is 41.2 Å². The number of urea groups is 1. The first-order valence-corrected chi connectivity index (χ1v) is 11.3. The van der Waals surface area contributed by atoms with Crippen LogP contribution in [0.5, 0.6) is 0 Å². The number of rotatable bonds is 7. The second-order valence-electron chi connectivity index (χ2n) is 7.80. The van der Waals surface area contributed by atoms with E-state index in [0.717, 1.165) is 37.4 Å². The summed E-state index contributed by atoms with van der Waals surface area (Å²) in [7, 11) is 5.65. The van der Waals surface area contributed by atoms with Gasteiger partial charge in [0.25, 0.3) is 0 Å². The molecule has 1 saturated carbocycles. The monoisotopic (exact) mass is 447 g/mol. The van der Waals surface area contributed by atoms with Crippen LogP contribution in [-0.2, 0) is 4.79 Å². The number of nitrogens with one attached hydrogen (secondary N) is 1. The Bertz CT molecular complexity index is 932. The van der Waals surface area contributed by atoms with Gasteiger partial charge < -0.3 is 5.11 Å². The number of aliphatic carboxylic acids is 1. The fourth-order valence-corrected chi connectivity index (χ4v) is 5.57. The average molecular weight is 447 g/mol. The molecule has 10 heteroatoms. The number of thiazole rings is 1. The molecule has 0 aliphatic heterocycles. The molecule has 1 aliphatic rings. The summed E-state index contributed by atoms with van der Waals surface area (Å²) in [6.07, 6.45) is 5.75. The Labute approximate surface area is 184 Å². The number of carbonyl (C=O) groups excluding carboxylic acids is 1. The van der Waals surface area contributed by atoms with E-state index in [1.165, 1.54) is 34.6 Å². The van der Waals surface area contributed by atoms with E-state index in [1.54, 1.807) is 19.9 Å². The molecule has 2 N–H and O–H groups in total. The zero-order valence-corrected chi connectivity index (χ0v) is 18.5. The number of carbonyl (C=O) groups is 2. The molecule has 2 aromatic rings. The second kappa shape index (κ2) is 9.39. The maximum Gasteiger partial charge on any atom is 0.328 e. The molecule has 30 heavy (non-hydrogen) atoms. The maximum absolute atomic E-state index is 14.6. The molecule has 0 spiro atoms. The van der Waals surface area contributed by atoms with E-state index in [1.807, 2.05) is 0 Å². The molecule has 1 aliphatic carbocycles.